The third kappa shape index (κ3) is 2.74. The van der Waals surface area contributed by atoms with Crippen molar-refractivity contribution in [2.24, 2.45) is 0 Å². The molecule has 6 nitrogen and oxygen atoms in total. The topological polar surface area (TPSA) is 92.0 Å². The van der Waals surface area contributed by atoms with Crippen molar-refractivity contribution < 1.29 is 4.74 Å². The predicted molar refractivity (Wildman–Crippen MR) is 111 cm³/mol. The van der Waals surface area contributed by atoms with E-state index in [2.05, 4.69) is 14.5 Å². The van der Waals surface area contributed by atoms with Crippen LogP contribution < -0.4 is 16.2 Å². The van der Waals surface area contributed by atoms with Crippen molar-refractivity contribution in [3.05, 3.63) is 60.6 Å². The second kappa shape index (κ2) is 6.27. The summed E-state index contributed by atoms with van der Waals surface area (Å²) in [5.41, 5.74) is 17.9. The number of nitrogens with zero attached hydrogens (tertiary/aromatic N) is 3. The molecular weight excluding hydrogens is 350 g/mol. The quantitative estimate of drug-likeness (QED) is 0.507. The van der Waals surface area contributed by atoms with Gasteiger partial charge in [-0.05, 0) is 44.0 Å². The van der Waals surface area contributed by atoms with E-state index in [1.807, 2.05) is 49.4 Å². The molecule has 2 aromatic heterocycles. The van der Waals surface area contributed by atoms with Crippen LogP contribution in [0.2, 0.25) is 0 Å². The summed E-state index contributed by atoms with van der Waals surface area (Å²) in [7, 11) is 0. The van der Waals surface area contributed by atoms with Gasteiger partial charge in [0, 0.05) is 41.1 Å². The molecular formula is C22H21N5O. The zero-order valence-corrected chi connectivity index (χ0v) is 15.6. The van der Waals surface area contributed by atoms with Crippen molar-refractivity contribution in [1.29, 1.82) is 0 Å². The molecule has 1 fully saturated rings. The van der Waals surface area contributed by atoms with E-state index >= 15 is 0 Å². The van der Waals surface area contributed by atoms with E-state index in [9.17, 15) is 0 Å². The highest BCUT2D eigenvalue weighted by atomic mass is 16.5. The van der Waals surface area contributed by atoms with Crippen molar-refractivity contribution in [2.45, 2.75) is 25.8 Å². The Hall–Kier alpha value is -3.54. The Labute approximate surface area is 162 Å². The number of hydrogen-bond acceptors (Lipinski definition) is 5. The monoisotopic (exact) mass is 371 g/mol. The highest BCUT2D eigenvalue weighted by Gasteiger charge is 2.30. The Morgan fingerprint density at radius 2 is 1.75 bits per heavy atom. The summed E-state index contributed by atoms with van der Waals surface area (Å²) in [5.74, 6) is 1.23. The lowest BCUT2D eigenvalue weighted by Gasteiger charge is -2.11. The predicted octanol–water partition coefficient (Wildman–Crippen LogP) is 4.70. The molecule has 1 saturated carbocycles. The Morgan fingerprint density at radius 3 is 2.46 bits per heavy atom. The van der Waals surface area contributed by atoms with E-state index in [1.165, 1.54) is 0 Å². The Kier molecular flexibility index (Phi) is 3.72. The third-order valence-electron chi connectivity index (χ3n) is 5.16. The summed E-state index contributed by atoms with van der Waals surface area (Å²) in [6.07, 6.45) is 5.59. The SMILES string of the molecule is Cc1nccnc1Oc1ccc2c(N)c(-c3ccc(N)cc3)n(C3CC3)c2c1. The number of benzene rings is 2. The number of nitrogen functional groups attached to an aromatic ring is 2. The third-order valence-corrected chi connectivity index (χ3v) is 5.16. The number of hydrogen-bond donors (Lipinski definition) is 2. The summed E-state index contributed by atoms with van der Waals surface area (Å²) in [5, 5.41) is 1.03. The molecule has 4 aromatic rings. The molecule has 28 heavy (non-hydrogen) atoms. The van der Waals surface area contributed by atoms with Crippen molar-refractivity contribution in [1.82, 2.24) is 14.5 Å². The number of aromatic nitrogens is 3. The zero-order chi connectivity index (χ0) is 19.3. The van der Waals surface area contributed by atoms with E-state index in [-0.39, 0.29) is 0 Å². The highest BCUT2D eigenvalue weighted by molar-refractivity contribution is 6.01. The first-order valence-corrected chi connectivity index (χ1v) is 9.36. The van der Waals surface area contributed by atoms with Crippen LogP contribution >= 0.6 is 0 Å². The molecule has 0 bridgehead atoms. The largest absolute Gasteiger partial charge is 0.437 e. The van der Waals surface area contributed by atoms with Crippen LogP contribution in [0, 0.1) is 6.92 Å². The fourth-order valence-electron chi connectivity index (χ4n) is 3.63. The lowest BCUT2D eigenvalue weighted by molar-refractivity contribution is 0.455. The maximum atomic E-state index is 6.59. The Balaban J connectivity index is 1.66. The van der Waals surface area contributed by atoms with Gasteiger partial charge in [-0.15, -0.1) is 0 Å². The van der Waals surface area contributed by atoms with Crippen molar-refractivity contribution in [2.75, 3.05) is 11.5 Å². The Morgan fingerprint density at radius 1 is 1.00 bits per heavy atom. The molecule has 0 atom stereocenters. The van der Waals surface area contributed by atoms with E-state index in [1.54, 1.807) is 12.4 Å². The lowest BCUT2D eigenvalue weighted by atomic mass is 10.1. The lowest BCUT2D eigenvalue weighted by Crippen LogP contribution is -1.99. The standard InChI is InChI=1S/C22H21N5O/c1-13-22(26-11-10-25-13)28-17-8-9-18-19(12-17)27(16-6-7-16)21(20(18)24)14-2-4-15(23)5-3-14/h2-5,8-12,16H,6-7,23-24H2,1H3. The minimum atomic E-state index is 0.459. The molecule has 5 rings (SSSR count). The number of rotatable bonds is 4. The van der Waals surface area contributed by atoms with Crippen LogP contribution in [0.15, 0.2) is 54.9 Å². The van der Waals surface area contributed by atoms with E-state index < -0.39 is 0 Å². The second-order valence-corrected chi connectivity index (χ2v) is 7.21. The molecule has 0 amide bonds. The molecule has 2 aromatic carbocycles. The molecule has 0 saturated heterocycles. The number of nitrogens with two attached hydrogens (primary N) is 2. The van der Waals surface area contributed by atoms with Crippen LogP contribution in [-0.4, -0.2) is 14.5 Å². The number of fused-ring (bicyclic) bond motifs is 1. The molecule has 0 spiro atoms. The van der Waals surface area contributed by atoms with Gasteiger partial charge in [0.15, 0.2) is 0 Å². The van der Waals surface area contributed by atoms with E-state index in [0.717, 1.165) is 57.8 Å². The maximum Gasteiger partial charge on any atom is 0.240 e. The summed E-state index contributed by atoms with van der Waals surface area (Å²) >= 11 is 0. The summed E-state index contributed by atoms with van der Waals surface area (Å²) in [6, 6.07) is 14.3. The van der Waals surface area contributed by atoms with Crippen molar-refractivity contribution >= 4 is 22.3 Å². The second-order valence-electron chi connectivity index (χ2n) is 7.21. The molecule has 6 heteroatoms. The summed E-state index contributed by atoms with van der Waals surface area (Å²) in [4.78, 5) is 8.51. The van der Waals surface area contributed by atoms with E-state index in [4.69, 9.17) is 16.2 Å². The summed E-state index contributed by atoms with van der Waals surface area (Å²) in [6.45, 7) is 1.88. The van der Waals surface area contributed by atoms with Gasteiger partial charge in [-0.25, -0.2) is 4.98 Å². The maximum absolute atomic E-state index is 6.59. The normalized spacial score (nSPS) is 13.8. The van der Waals surface area contributed by atoms with Gasteiger partial charge in [0.2, 0.25) is 5.88 Å². The van der Waals surface area contributed by atoms with Crippen LogP contribution in [0.4, 0.5) is 11.4 Å². The molecule has 2 heterocycles. The molecule has 0 unspecified atom stereocenters. The minimum absolute atomic E-state index is 0.459. The highest BCUT2D eigenvalue weighted by Crippen LogP contribution is 2.47. The van der Waals surface area contributed by atoms with Crippen LogP contribution in [0.3, 0.4) is 0 Å². The van der Waals surface area contributed by atoms with Gasteiger partial charge in [0.05, 0.1) is 22.6 Å². The van der Waals surface area contributed by atoms with Gasteiger partial charge < -0.3 is 20.8 Å². The first-order chi connectivity index (χ1) is 13.6. The Bertz CT molecular complexity index is 1180. The first kappa shape index (κ1) is 16.6. The van der Waals surface area contributed by atoms with Gasteiger partial charge in [0.25, 0.3) is 0 Å². The van der Waals surface area contributed by atoms with Crippen molar-refractivity contribution in [3.8, 4) is 22.9 Å². The smallest absolute Gasteiger partial charge is 0.240 e. The molecule has 0 radical (unpaired) electrons. The number of aryl methyl sites for hydroxylation is 1. The van der Waals surface area contributed by atoms with Gasteiger partial charge in [0.1, 0.15) is 5.75 Å². The number of ether oxygens (including phenoxy) is 1. The molecule has 1 aliphatic rings. The summed E-state index contributed by atoms with van der Waals surface area (Å²) < 4.78 is 8.34. The van der Waals surface area contributed by atoms with E-state index in [0.29, 0.717) is 11.9 Å². The van der Waals surface area contributed by atoms with Crippen LogP contribution in [0.1, 0.15) is 24.6 Å². The average Bonchev–Trinajstić information content (AvgIpc) is 3.49. The van der Waals surface area contributed by atoms with Gasteiger partial charge >= 0.3 is 0 Å². The minimum Gasteiger partial charge on any atom is -0.437 e. The van der Waals surface area contributed by atoms with Crippen LogP contribution in [0.25, 0.3) is 22.2 Å². The first-order valence-electron chi connectivity index (χ1n) is 9.36. The fraction of sp³-hybridized carbons (Fsp3) is 0.182. The number of anilines is 2. The van der Waals surface area contributed by atoms with Crippen LogP contribution in [-0.2, 0) is 0 Å². The average molecular weight is 371 g/mol. The van der Waals surface area contributed by atoms with Gasteiger partial charge in [-0.3, -0.25) is 4.98 Å². The molecule has 4 N–H and O–H groups in total. The fourth-order valence-corrected chi connectivity index (χ4v) is 3.63. The molecule has 140 valence electrons. The van der Waals surface area contributed by atoms with Gasteiger partial charge in [-0.2, -0.15) is 0 Å². The zero-order valence-electron chi connectivity index (χ0n) is 15.6. The van der Waals surface area contributed by atoms with Gasteiger partial charge in [-0.1, -0.05) is 12.1 Å². The molecule has 0 aliphatic heterocycles. The van der Waals surface area contributed by atoms with Crippen molar-refractivity contribution in [3.63, 3.8) is 0 Å². The molecule has 1 aliphatic carbocycles. The van der Waals surface area contributed by atoms with Crippen LogP contribution in [0.5, 0.6) is 11.6 Å².